The lowest BCUT2D eigenvalue weighted by Gasteiger charge is -2.15. The number of benzene rings is 2. The van der Waals surface area contributed by atoms with Crippen LogP contribution in [0, 0.1) is 5.82 Å². The average molecular weight is 368 g/mol. The molecular weight excluding hydrogens is 351 g/mol. The number of sulfonamides is 1. The number of carbonyl (C=O) groups excluding carboxylic acids is 1. The van der Waals surface area contributed by atoms with Gasteiger partial charge in [0.15, 0.2) is 0 Å². The molecule has 0 saturated carbocycles. The molecule has 0 aliphatic carbocycles. The maximum Gasteiger partial charge on any atom is 0.265 e. The Balaban J connectivity index is 2.46. The monoisotopic (exact) mass is 368 g/mol. The van der Waals surface area contributed by atoms with Gasteiger partial charge >= 0.3 is 0 Å². The molecule has 9 heteroatoms. The number of amides is 1. The second-order valence-corrected chi connectivity index (χ2v) is 6.68. The Bertz CT molecular complexity index is 899. The molecule has 0 aliphatic rings. The maximum absolute atomic E-state index is 13.4. The van der Waals surface area contributed by atoms with Gasteiger partial charge in [-0.25, -0.2) is 12.8 Å². The summed E-state index contributed by atoms with van der Waals surface area (Å²) < 4.78 is 45.6. The second-order valence-electron chi connectivity index (χ2n) is 5.03. The highest BCUT2D eigenvalue weighted by Crippen LogP contribution is 2.31. The SMILES string of the molecule is CCC(=O)Nc1ccc(OC)cc1NS(=O)(=O)c1cc(F)ccc1O. The van der Waals surface area contributed by atoms with E-state index in [0.29, 0.717) is 11.8 Å². The highest BCUT2D eigenvalue weighted by atomic mass is 32.2. The minimum atomic E-state index is -4.30. The van der Waals surface area contributed by atoms with Crippen molar-refractivity contribution in [1.29, 1.82) is 0 Å². The highest BCUT2D eigenvalue weighted by molar-refractivity contribution is 7.92. The van der Waals surface area contributed by atoms with Crippen LogP contribution in [0.25, 0.3) is 0 Å². The number of hydrogen-bond donors (Lipinski definition) is 3. The number of ether oxygens (including phenoxy) is 1. The Morgan fingerprint density at radius 2 is 1.92 bits per heavy atom. The zero-order valence-electron chi connectivity index (χ0n) is 13.5. The molecule has 0 heterocycles. The quantitative estimate of drug-likeness (QED) is 0.727. The first-order chi connectivity index (χ1) is 11.8. The minimum Gasteiger partial charge on any atom is -0.507 e. The van der Waals surface area contributed by atoms with Crippen LogP contribution in [-0.2, 0) is 14.8 Å². The predicted octanol–water partition coefficient (Wildman–Crippen LogP) is 2.69. The van der Waals surface area contributed by atoms with E-state index in [0.717, 1.165) is 12.1 Å². The van der Waals surface area contributed by atoms with E-state index in [9.17, 15) is 22.7 Å². The smallest absolute Gasteiger partial charge is 0.265 e. The van der Waals surface area contributed by atoms with E-state index >= 15 is 0 Å². The summed E-state index contributed by atoms with van der Waals surface area (Å²) in [7, 11) is -2.90. The van der Waals surface area contributed by atoms with Gasteiger partial charge in [0.1, 0.15) is 22.2 Å². The topological polar surface area (TPSA) is 105 Å². The molecule has 134 valence electrons. The number of halogens is 1. The summed E-state index contributed by atoms with van der Waals surface area (Å²) in [6.07, 6.45) is 0.197. The first kappa shape index (κ1) is 18.5. The number of nitrogens with one attached hydrogen (secondary N) is 2. The van der Waals surface area contributed by atoms with Crippen LogP contribution in [0.3, 0.4) is 0 Å². The number of methoxy groups -OCH3 is 1. The van der Waals surface area contributed by atoms with Crippen molar-refractivity contribution in [2.75, 3.05) is 17.1 Å². The van der Waals surface area contributed by atoms with Gasteiger partial charge in [-0.05, 0) is 30.3 Å². The van der Waals surface area contributed by atoms with E-state index in [1.165, 1.54) is 19.2 Å². The lowest BCUT2D eigenvalue weighted by atomic mass is 10.2. The van der Waals surface area contributed by atoms with Crippen LogP contribution in [0.2, 0.25) is 0 Å². The molecule has 0 radical (unpaired) electrons. The summed E-state index contributed by atoms with van der Waals surface area (Å²) in [5, 5.41) is 12.3. The van der Waals surface area contributed by atoms with Crippen molar-refractivity contribution < 1.29 is 27.4 Å². The van der Waals surface area contributed by atoms with Crippen LogP contribution in [0.5, 0.6) is 11.5 Å². The van der Waals surface area contributed by atoms with Gasteiger partial charge in [-0.1, -0.05) is 6.92 Å². The van der Waals surface area contributed by atoms with Crippen molar-refractivity contribution in [2.45, 2.75) is 18.2 Å². The van der Waals surface area contributed by atoms with Crippen LogP contribution in [0.1, 0.15) is 13.3 Å². The number of carbonyl (C=O) groups is 1. The fourth-order valence-electron chi connectivity index (χ4n) is 1.99. The molecule has 0 spiro atoms. The fourth-order valence-corrected chi connectivity index (χ4v) is 3.16. The van der Waals surface area contributed by atoms with Crippen molar-refractivity contribution in [3.05, 3.63) is 42.2 Å². The van der Waals surface area contributed by atoms with Gasteiger partial charge in [-0.15, -0.1) is 0 Å². The van der Waals surface area contributed by atoms with Gasteiger partial charge < -0.3 is 15.2 Å². The number of rotatable bonds is 6. The van der Waals surface area contributed by atoms with Crippen molar-refractivity contribution in [2.24, 2.45) is 0 Å². The largest absolute Gasteiger partial charge is 0.507 e. The Labute approximate surface area is 144 Å². The van der Waals surface area contributed by atoms with Gasteiger partial charge in [0.2, 0.25) is 5.91 Å². The Kier molecular flexibility index (Phi) is 5.48. The van der Waals surface area contributed by atoms with Crippen molar-refractivity contribution >= 4 is 27.3 Å². The molecule has 0 fully saturated rings. The summed E-state index contributed by atoms with van der Waals surface area (Å²) in [4.78, 5) is 11.0. The van der Waals surface area contributed by atoms with Gasteiger partial charge in [0.25, 0.3) is 10.0 Å². The number of hydrogen-bond acceptors (Lipinski definition) is 5. The zero-order chi connectivity index (χ0) is 18.6. The first-order valence-corrected chi connectivity index (χ1v) is 8.74. The molecule has 0 unspecified atom stereocenters. The summed E-state index contributed by atoms with van der Waals surface area (Å²) in [6, 6.07) is 6.95. The molecule has 0 aromatic heterocycles. The van der Waals surface area contributed by atoms with Gasteiger partial charge in [0.05, 0.1) is 18.5 Å². The summed E-state index contributed by atoms with van der Waals surface area (Å²) in [5.74, 6) is -1.39. The third kappa shape index (κ3) is 4.38. The molecular formula is C16H17FN2O5S. The molecule has 0 bridgehead atoms. The van der Waals surface area contributed by atoms with Gasteiger partial charge in [-0.3, -0.25) is 9.52 Å². The molecule has 7 nitrogen and oxygen atoms in total. The third-order valence-electron chi connectivity index (χ3n) is 3.28. The maximum atomic E-state index is 13.4. The standard InChI is InChI=1S/C16H17FN2O5S/c1-3-16(21)18-12-6-5-11(24-2)9-13(12)19-25(22,23)15-8-10(17)4-7-14(15)20/h4-9,19-20H,3H2,1-2H3,(H,18,21). The number of aromatic hydroxyl groups is 1. The highest BCUT2D eigenvalue weighted by Gasteiger charge is 2.21. The molecule has 2 aromatic rings. The lowest BCUT2D eigenvalue weighted by Crippen LogP contribution is -2.17. The van der Waals surface area contributed by atoms with Gasteiger partial charge in [-0.2, -0.15) is 0 Å². The molecule has 2 rings (SSSR count). The van der Waals surface area contributed by atoms with Crippen LogP contribution in [-0.4, -0.2) is 26.5 Å². The number of phenols is 1. The summed E-state index contributed by atoms with van der Waals surface area (Å²) in [5.41, 5.74) is 0.219. The molecule has 1 amide bonds. The second kappa shape index (κ2) is 7.39. The molecule has 25 heavy (non-hydrogen) atoms. The van der Waals surface area contributed by atoms with Gasteiger partial charge in [0, 0.05) is 12.5 Å². The van der Waals surface area contributed by atoms with Crippen molar-refractivity contribution in [3.8, 4) is 11.5 Å². The van der Waals surface area contributed by atoms with Crippen molar-refractivity contribution in [1.82, 2.24) is 0 Å². The number of anilines is 2. The van der Waals surface area contributed by atoms with Crippen LogP contribution in [0.15, 0.2) is 41.3 Å². The Morgan fingerprint density at radius 1 is 1.20 bits per heavy atom. The average Bonchev–Trinajstić information content (AvgIpc) is 2.58. The molecule has 0 atom stereocenters. The molecule has 0 aliphatic heterocycles. The summed E-state index contributed by atoms with van der Waals surface area (Å²) >= 11 is 0. The Morgan fingerprint density at radius 3 is 2.56 bits per heavy atom. The van der Waals surface area contributed by atoms with Crippen molar-refractivity contribution in [3.63, 3.8) is 0 Å². The lowest BCUT2D eigenvalue weighted by molar-refractivity contribution is -0.115. The van der Waals surface area contributed by atoms with E-state index in [4.69, 9.17) is 4.74 Å². The Hall–Kier alpha value is -2.81. The van der Waals surface area contributed by atoms with E-state index in [2.05, 4.69) is 10.0 Å². The minimum absolute atomic E-state index is 0.0183. The van der Waals surface area contributed by atoms with Crippen LogP contribution >= 0.6 is 0 Å². The molecule has 3 N–H and O–H groups in total. The normalized spacial score (nSPS) is 11.0. The zero-order valence-corrected chi connectivity index (χ0v) is 14.4. The van der Waals surface area contributed by atoms with E-state index in [-0.39, 0.29) is 23.7 Å². The number of phenolic OH excluding ortho intramolecular Hbond substituents is 1. The van der Waals surface area contributed by atoms with E-state index in [1.807, 2.05) is 0 Å². The molecule has 0 saturated heterocycles. The van der Waals surface area contributed by atoms with E-state index in [1.54, 1.807) is 13.0 Å². The van der Waals surface area contributed by atoms with Crippen LogP contribution < -0.4 is 14.8 Å². The predicted molar refractivity (Wildman–Crippen MR) is 90.8 cm³/mol. The fraction of sp³-hybridized carbons (Fsp3) is 0.188. The summed E-state index contributed by atoms with van der Waals surface area (Å²) in [6.45, 7) is 1.65. The van der Waals surface area contributed by atoms with Crippen LogP contribution in [0.4, 0.5) is 15.8 Å². The van der Waals surface area contributed by atoms with E-state index < -0.39 is 26.5 Å². The molecule has 2 aromatic carbocycles. The third-order valence-corrected chi connectivity index (χ3v) is 4.67. The first-order valence-electron chi connectivity index (χ1n) is 7.26.